The Hall–Kier alpha value is -0.830. The fourth-order valence-corrected chi connectivity index (χ4v) is 2.25. The molecule has 1 aromatic heterocycles. The summed E-state index contributed by atoms with van der Waals surface area (Å²) in [6.45, 7) is 3.04. The third-order valence-corrected chi connectivity index (χ3v) is 3.07. The number of fused-ring (bicyclic) bond motifs is 1. The normalized spacial score (nSPS) is 27.2. The molecule has 2 unspecified atom stereocenters. The third kappa shape index (κ3) is 1.48. The van der Waals surface area contributed by atoms with E-state index in [0.29, 0.717) is 5.92 Å². The highest BCUT2D eigenvalue weighted by molar-refractivity contribution is 5.23. The molecule has 0 saturated carbocycles. The van der Waals surface area contributed by atoms with Gasteiger partial charge in [-0.15, -0.1) is 0 Å². The van der Waals surface area contributed by atoms with Crippen LogP contribution in [-0.4, -0.2) is 11.7 Å². The molecule has 0 saturated heterocycles. The van der Waals surface area contributed by atoms with Crippen molar-refractivity contribution < 1.29 is 4.52 Å². The summed E-state index contributed by atoms with van der Waals surface area (Å²) < 4.78 is 5.19. The highest BCUT2D eigenvalue weighted by Crippen LogP contribution is 2.37. The van der Waals surface area contributed by atoms with Gasteiger partial charge >= 0.3 is 0 Å². The van der Waals surface area contributed by atoms with Crippen LogP contribution in [-0.2, 0) is 6.42 Å². The van der Waals surface area contributed by atoms with Crippen molar-refractivity contribution in [2.24, 2.45) is 11.7 Å². The van der Waals surface area contributed by atoms with Gasteiger partial charge in [-0.1, -0.05) is 12.1 Å². The zero-order chi connectivity index (χ0) is 9.26. The van der Waals surface area contributed by atoms with Gasteiger partial charge in [0.1, 0.15) is 5.76 Å². The number of nitrogens with zero attached hydrogens (tertiary/aromatic N) is 1. The molecule has 72 valence electrons. The Morgan fingerprint density at radius 2 is 2.54 bits per heavy atom. The van der Waals surface area contributed by atoms with Crippen molar-refractivity contribution in [3.05, 3.63) is 17.5 Å². The molecule has 2 N–H and O–H groups in total. The molecule has 0 amide bonds. The largest absolute Gasteiger partial charge is 0.361 e. The Kier molecular flexibility index (Phi) is 2.36. The summed E-state index contributed by atoms with van der Waals surface area (Å²) in [5.41, 5.74) is 6.89. The van der Waals surface area contributed by atoms with E-state index in [1.165, 1.54) is 12.0 Å². The van der Waals surface area contributed by atoms with E-state index in [9.17, 15) is 0 Å². The van der Waals surface area contributed by atoms with Gasteiger partial charge in [-0.05, 0) is 31.2 Å². The van der Waals surface area contributed by atoms with Crippen LogP contribution >= 0.6 is 0 Å². The van der Waals surface area contributed by atoms with Crippen LogP contribution in [0.25, 0.3) is 0 Å². The lowest BCUT2D eigenvalue weighted by atomic mass is 9.77. The standard InChI is InChI=1S/C10H16N2O/c1-7-2-3-10-9(6-12-13-10)8(7)4-5-11/h6-8H,2-5,11H2,1H3. The molecule has 13 heavy (non-hydrogen) atoms. The van der Waals surface area contributed by atoms with Crippen molar-refractivity contribution >= 4 is 0 Å². The van der Waals surface area contributed by atoms with E-state index >= 15 is 0 Å². The first-order valence-electron chi connectivity index (χ1n) is 4.96. The van der Waals surface area contributed by atoms with E-state index in [2.05, 4.69) is 12.1 Å². The van der Waals surface area contributed by atoms with Crippen molar-refractivity contribution in [2.75, 3.05) is 6.54 Å². The molecule has 0 bridgehead atoms. The van der Waals surface area contributed by atoms with Crippen molar-refractivity contribution in [2.45, 2.75) is 32.1 Å². The summed E-state index contributed by atoms with van der Waals surface area (Å²) in [5.74, 6) is 2.37. The Bertz CT molecular complexity index is 282. The molecular formula is C10H16N2O. The predicted molar refractivity (Wildman–Crippen MR) is 50.4 cm³/mol. The Balaban J connectivity index is 2.25. The Morgan fingerprint density at radius 3 is 3.31 bits per heavy atom. The smallest absolute Gasteiger partial charge is 0.140 e. The maximum atomic E-state index is 5.60. The van der Waals surface area contributed by atoms with Crippen LogP contribution in [0.15, 0.2) is 10.7 Å². The molecule has 0 spiro atoms. The first-order valence-corrected chi connectivity index (χ1v) is 4.96. The van der Waals surface area contributed by atoms with Crippen molar-refractivity contribution in [1.82, 2.24) is 5.16 Å². The lowest BCUT2D eigenvalue weighted by Crippen LogP contribution is -2.19. The number of aryl methyl sites for hydroxylation is 1. The summed E-state index contributed by atoms with van der Waals surface area (Å²) in [4.78, 5) is 0. The highest BCUT2D eigenvalue weighted by Gasteiger charge is 2.28. The summed E-state index contributed by atoms with van der Waals surface area (Å²) in [6, 6.07) is 0. The van der Waals surface area contributed by atoms with E-state index < -0.39 is 0 Å². The van der Waals surface area contributed by atoms with Gasteiger partial charge < -0.3 is 10.3 Å². The van der Waals surface area contributed by atoms with Crippen molar-refractivity contribution in [3.8, 4) is 0 Å². The van der Waals surface area contributed by atoms with Gasteiger partial charge in [-0.2, -0.15) is 0 Å². The van der Waals surface area contributed by atoms with Crippen LogP contribution in [0.1, 0.15) is 37.0 Å². The molecule has 2 rings (SSSR count). The Morgan fingerprint density at radius 1 is 1.69 bits per heavy atom. The number of aromatic nitrogens is 1. The molecule has 0 fully saturated rings. The SMILES string of the molecule is CC1CCc2oncc2C1CCN. The number of nitrogens with two attached hydrogens (primary N) is 1. The molecule has 2 atom stereocenters. The molecule has 0 radical (unpaired) electrons. The number of hydrogen-bond acceptors (Lipinski definition) is 3. The second kappa shape index (κ2) is 3.50. The molecule has 0 aliphatic heterocycles. The van der Waals surface area contributed by atoms with E-state index in [4.69, 9.17) is 10.3 Å². The van der Waals surface area contributed by atoms with Crippen LogP contribution in [0.4, 0.5) is 0 Å². The van der Waals surface area contributed by atoms with Crippen LogP contribution in [0.2, 0.25) is 0 Å². The van der Waals surface area contributed by atoms with Gasteiger partial charge in [0.2, 0.25) is 0 Å². The summed E-state index contributed by atoms with van der Waals surface area (Å²) in [6.07, 6.45) is 5.16. The minimum Gasteiger partial charge on any atom is -0.361 e. The van der Waals surface area contributed by atoms with Crippen molar-refractivity contribution in [1.29, 1.82) is 0 Å². The minimum absolute atomic E-state index is 0.569. The van der Waals surface area contributed by atoms with Gasteiger partial charge in [0.05, 0.1) is 6.20 Å². The quantitative estimate of drug-likeness (QED) is 0.753. The minimum atomic E-state index is 0.569. The second-order valence-electron chi connectivity index (χ2n) is 3.90. The lowest BCUT2D eigenvalue weighted by molar-refractivity contribution is 0.325. The summed E-state index contributed by atoms with van der Waals surface area (Å²) >= 11 is 0. The molecule has 1 aliphatic rings. The molecule has 0 aromatic carbocycles. The fraction of sp³-hybridized carbons (Fsp3) is 0.700. The number of rotatable bonds is 2. The molecule has 1 aromatic rings. The fourth-order valence-electron chi connectivity index (χ4n) is 2.25. The molecular weight excluding hydrogens is 164 g/mol. The van der Waals surface area contributed by atoms with Crippen molar-refractivity contribution in [3.63, 3.8) is 0 Å². The monoisotopic (exact) mass is 180 g/mol. The molecule has 3 nitrogen and oxygen atoms in total. The van der Waals surface area contributed by atoms with Gasteiger partial charge in [0.15, 0.2) is 0 Å². The van der Waals surface area contributed by atoms with Crippen LogP contribution < -0.4 is 5.73 Å². The average molecular weight is 180 g/mol. The second-order valence-corrected chi connectivity index (χ2v) is 3.90. The maximum Gasteiger partial charge on any atom is 0.140 e. The third-order valence-electron chi connectivity index (χ3n) is 3.07. The van der Waals surface area contributed by atoms with Gasteiger partial charge in [0.25, 0.3) is 0 Å². The Labute approximate surface area is 78.3 Å². The van der Waals surface area contributed by atoms with Gasteiger partial charge in [0, 0.05) is 12.0 Å². The van der Waals surface area contributed by atoms with E-state index in [0.717, 1.165) is 31.1 Å². The van der Waals surface area contributed by atoms with E-state index in [1.54, 1.807) is 0 Å². The lowest BCUT2D eigenvalue weighted by Gasteiger charge is -2.26. The first kappa shape index (κ1) is 8.75. The van der Waals surface area contributed by atoms with Crippen LogP contribution in [0, 0.1) is 5.92 Å². The molecule has 3 heteroatoms. The zero-order valence-corrected chi connectivity index (χ0v) is 7.99. The first-order chi connectivity index (χ1) is 6.33. The zero-order valence-electron chi connectivity index (χ0n) is 7.99. The maximum absolute atomic E-state index is 5.60. The van der Waals surface area contributed by atoms with E-state index in [-0.39, 0.29) is 0 Å². The van der Waals surface area contributed by atoms with Crippen LogP contribution in [0.5, 0.6) is 0 Å². The molecule has 1 heterocycles. The summed E-state index contributed by atoms with van der Waals surface area (Å²) in [5, 5.41) is 3.85. The van der Waals surface area contributed by atoms with E-state index in [1.807, 2.05) is 6.20 Å². The van der Waals surface area contributed by atoms with Gasteiger partial charge in [-0.3, -0.25) is 0 Å². The molecule has 1 aliphatic carbocycles. The summed E-state index contributed by atoms with van der Waals surface area (Å²) in [7, 11) is 0. The number of hydrogen-bond donors (Lipinski definition) is 1. The highest BCUT2D eigenvalue weighted by atomic mass is 16.5. The topological polar surface area (TPSA) is 52.0 Å². The van der Waals surface area contributed by atoms with Crippen LogP contribution in [0.3, 0.4) is 0 Å². The predicted octanol–water partition coefficient (Wildman–Crippen LogP) is 1.69. The average Bonchev–Trinajstić information content (AvgIpc) is 2.58. The van der Waals surface area contributed by atoms with Gasteiger partial charge in [-0.25, -0.2) is 0 Å².